The van der Waals surface area contributed by atoms with E-state index >= 15 is 0 Å². The Kier molecular flexibility index (Phi) is 6.26. The van der Waals surface area contributed by atoms with Gasteiger partial charge >= 0.3 is 0 Å². The predicted molar refractivity (Wildman–Crippen MR) is 124 cm³/mol. The summed E-state index contributed by atoms with van der Waals surface area (Å²) >= 11 is 6.81. The van der Waals surface area contributed by atoms with Crippen LogP contribution in [-0.2, 0) is 15.1 Å². The van der Waals surface area contributed by atoms with E-state index in [1.54, 1.807) is 12.0 Å². The van der Waals surface area contributed by atoms with Gasteiger partial charge in [0.05, 0.1) is 29.8 Å². The van der Waals surface area contributed by atoms with Gasteiger partial charge in [-0.15, -0.1) is 0 Å². The fourth-order valence-electron chi connectivity index (χ4n) is 4.35. The highest BCUT2D eigenvalue weighted by atomic mass is 35.5. The highest BCUT2D eigenvalue weighted by Crippen LogP contribution is 2.39. The van der Waals surface area contributed by atoms with Gasteiger partial charge in [0, 0.05) is 24.9 Å². The lowest BCUT2D eigenvalue weighted by Gasteiger charge is -2.45. The van der Waals surface area contributed by atoms with Crippen molar-refractivity contribution in [2.45, 2.75) is 44.7 Å². The van der Waals surface area contributed by atoms with Crippen LogP contribution in [-0.4, -0.2) is 48.1 Å². The maximum atomic E-state index is 13.1. The molecule has 2 aliphatic heterocycles. The summed E-state index contributed by atoms with van der Waals surface area (Å²) in [5, 5.41) is 15.6. The van der Waals surface area contributed by atoms with E-state index in [-0.39, 0.29) is 24.3 Å². The fourth-order valence-corrected chi connectivity index (χ4v) is 4.74. The van der Waals surface area contributed by atoms with Gasteiger partial charge in [-0.25, -0.2) is 4.98 Å². The largest absolute Gasteiger partial charge is 0.480 e. The summed E-state index contributed by atoms with van der Waals surface area (Å²) in [5.41, 5.74) is 2.14. The number of aryl methyl sites for hydroxylation is 1. The van der Waals surface area contributed by atoms with E-state index in [0.717, 1.165) is 24.1 Å². The number of amides is 1. The maximum Gasteiger partial charge on any atom is 0.237 e. The van der Waals surface area contributed by atoms with E-state index in [2.05, 4.69) is 15.6 Å². The Balaban J connectivity index is 1.60. The second-order valence-electron chi connectivity index (χ2n) is 8.39. The molecule has 170 valence electrons. The smallest absolute Gasteiger partial charge is 0.237 e. The van der Waals surface area contributed by atoms with Crippen molar-refractivity contribution in [3.63, 3.8) is 0 Å². The maximum absolute atomic E-state index is 13.1. The second-order valence-corrected chi connectivity index (χ2v) is 8.77. The molecule has 32 heavy (non-hydrogen) atoms. The number of rotatable bonds is 5. The number of aromatic nitrogens is 1. The van der Waals surface area contributed by atoms with Crippen LogP contribution < -0.4 is 15.4 Å². The van der Waals surface area contributed by atoms with Crippen LogP contribution in [0, 0.1) is 12.3 Å². The third-order valence-corrected chi connectivity index (χ3v) is 6.43. The van der Waals surface area contributed by atoms with Gasteiger partial charge in [-0.2, -0.15) is 0 Å². The molecule has 0 bridgehead atoms. The van der Waals surface area contributed by atoms with Crippen molar-refractivity contribution in [2.75, 3.05) is 25.6 Å². The highest BCUT2D eigenvalue weighted by Gasteiger charge is 2.43. The van der Waals surface area contributed by atoms with Crippen molar-refractivity contribution >= 4 is 34.8 Å². The van der Waals surface area contributed by atoms with Crippen LogP contribution in [0.3, 0.4) is 0 Å². The zero-order valence-electron chi connectivity index (χ0n) is 18.5. The first-order chi connectivity index (χ1) is 15.3. The zero-order valence-corrected chi connectivity index (χ0v) is 19.3. The Morgan fingerprint density at radius 3 is 2.72 bits per heavy atom. The lowest BCUT2D eigenvalue weighted by Crippen LogP contribution is -2.62. The molecule has 1 amide bonds. The van der Waals surface area contributed by atoms with Gasteiger partial charge in [0.15, 0.2) is 5.96 Å². The van der Waals surface area contributed by atoms with Gasteiger partial charge in [-0.1, -0.05) is 23.7 Å². The van der Waals surface area contributed by atoms with Crippen LogP contribution >= 0.6 is 11.6 Å². The molecule has 0 radical (unpaired) electrons. The van der Waals surface area contributed by atoms with E-state index in [4.69, 9.17) is 26.5 Å². The summed E-state index contributed by atoms with van der Waals surface area (Å²) in [5.74, 6) is 0.494. The number of benzene rings is 1. The molecule has 0 aliphatic carbocycles. The minimum atomic E-state index is -0.805. The van der Waals surface area contributed by atoms with Crippen LogP contribution in [0.2, 0.25) is 5.02 Å². The number of hydrogen-bond donors (Lipinski definition) is 3. The van der Waals surface area contributed by atoms with Gasteiger partial charge in [-0.3, -0.25) is 15.1 Å². The topological polar surface area (TPSA) is 99.6 Å². The first kappa shape index (κ1) is 22.4. The van der Waals surface area contributed by atoms with Crippen LogP contribution in [0.4, 0.5) is 11.4 Å². The number of carbonyl (C=O) groups is 1. The monoisotopic (exact) mass is 457 g/mol. The molecule has 3 N–H and O–H groups in total. The van der Waals surface area contributed by atoms with Gasteiger partial charge < -0.3 is 20.1 Å². The van der Waals surface area contributed by atoms with Crippen LogP contribution in [0.25, 0.3) is 0 Å². The molecule has 8 nitrogen and oxygen atoms in total. The van der Waals surface area contributed by atoms with E-state index in [1.807, 2.05) is 44.2 Å². The number of halogens is 1. The minimum Gasteiger partial charge on any atom is -0.480 e. The van der Waals surface area contributed by atoms with E-state index in [0.29, 0.717) is 35.5 Å². The summed E-state index contributed by atoms with van der Waals surface area (Å²) in [4.78, 5) is 19.1. The molecule has 2 saturated heterocycles. The summed E-state index contributed by atoms with van der Waals surface area (Å²) < 4.78 is 10.8. The number of hydrogen-bond acceptors (Lipinski definition) is 6. The Morgan fingerprint density at radius 2 is 2.03 bits per heavy atom. The molecule has 1 atom stereocenters. The summed E-state index contributed by atoms with van der Waals surface area (Å²) in [7, 11) is 1.57. The van der Waals surface area contributed by atoms with E-state index in [9.17, 15) is 4.79 Å². The number of carbonyl (C=O) groups excluding carboxylic acids is 1. The number of ether oxygens (including phenoxy) is 2. The lowest BCUT2D eigenvalue weighted by molar-refractivity contribution is -0.133. The molecule has 1 aromatic carbocycles. The minimum absolute atomic E-state index is 0.00854. The molecule has 3 heterocycles. The normalized spacial score (nSPS) is 21.9. The molecule has 0 unspecified atom stereocenters. The average molecular weight is 458 g/mol. The molecule has 9 heteroatoms. The molecule has 1 aromatic heterocycles. The number of anilines is 2. The van der Waals surface area contributed by atoms with Gasteiger partial charge in [0.2, 0.25) is 11.8 Å². The van der Waals surface area contributed by atoms with Crippen LogP contribution in [0.1, 0.15) is 37.4 Å². The number of nitrogens with one attached hydrogen (secondary N) is 3. The van der Waals surface area contributed by atoms with E-state index < -0.39 is 5.54 Å². The molecule has 4 rings (SSSR count). The van der Waals surface area contributed by atoms with Crippen molar-refractivity contribution in [1.82, 2.24) is 15.2 Å². The SMILES string of the molecule is COc1nc(C)ccc1Nc1cccc([C@]2(C)CC(=O)N(C3CCOCC3)C(=N)N2)c1Cl. The first-order valence-electron chi connectivity index (χ1n) is 10.7. The molecule has 2 fully saturated rings. The predicted octanol–water partition coefficient (Wildman–Crippen LogP) is 3.95. The average Bonchev–Trinajstić information content (AvgIpc) is 2.76. The number of guanidine groups is 1. The second kappa shape index (κ2) is 8.96. The molecular weight excluding hydrogens is 430 g/mol. The zero-order chi connectivity index (χ0) is 22.9. The van der Waals surface area contributed by atoms with Crippen molar-refractivity contribution < 1.29 is 14.3 Å². The Labute approximate surface area is 192 Å². The highest BCUT2D eigenvalue weighted by molar-refractivity contribution is 6.34. The van der Waals surface area contributed by atoms with Gasteiger partial charge in [0.25, 0.3) is 0 Å². The number of methoxy groups -OCH3 is 1. The lowest BCUT2D eigenvalue weighted by atomic mass is 9.85. The van der Waals surface area contributed by atoms with Crippen molar-refractivity contribution in [2.24, 2.45) is 0 Å². The third-order valence-electron chi connectivity index (χ3n) is 6.02. The third kappa shape index (κ3) is 4.25. The number of pyridine rings is 1. The van der Waals surface area contributed by atoms with Crippen molar-refractivity contribution in [3.8, 4) is 5.88 Å². The molecule has 0 saturated carbocycles. The standard InChI is InChI=1S/C23H28ClN5O3/c1-14-7-8-18(21(26-14)31-3)27-17-6-4-5-16(20(17)24)23(2)13-19(30)29(22(25)28-23)15-9-11-32-12-10-15/h4-8,15,27H,9-13H2,1-3H3,(H2,25,28)/t23-/m0/s1. The molecule has 0 spiro atoms. The fraction of sp³-hybridized carbons (Fsp3) is 0.435. The van der Waals surface area contributed by atoms with E-state index in [1.165, 1.54) is 0 Å². The molecule has 2 aliphatic rings. The first-order valence-corrected chi connectivity index (χ1v) is 11.0. The molecule has 2 aromatic rings. The summed E-state index contributed by atoms with van der Waals surface area (Å²) in [6.07, 6.45) is 1.67. The van der Waals surface area contributed by atoms with Crippen molar-refractivity contribution in [3.05, 3.63) is 46.6 Å². The number of nitrogens with zero attached hydrogens (tertiary/aromatic N) is 2. The molecular formula is C23H28ClN5O3. The van der Waals surface area contributed by atoms with Crippen LogP contribution in [0.15, 0.2) is 30.3 Å². The Bertz CT molecular complexity index is 1020. The van der Waals surface area contributed by atoms with Gasteiger partial charge in [-0.05, 0) is 50.5 Å². The van der Waals surface area contributed by atoms with Gasteiger partial charge in [0.1, 0.15) is 5.69 Å². The van der Waals surface area contributed by atoms with Crippen LogP contribution in [0.5, 0.6) is 5.88 Å². The summed E-state index contributed by atoms with van der Waals surface area (Å²) in [6.45, 7) is 5.01. The Hall–Kier alpha value is -2.84. The van der Waals surface area contributed by atoms with Crippen molar-refractivity contribution in [1.29, 1.82) is 5.41 Å². The summed E-state index contributed by atoms with van der Waals surface area (Å²) in [6, 6.07) is 9.39. The quantitative estimate of drug-likeness (QED) is 0.628. The Morgan fingerprint density at radius 1 is 1.28 bits per heavy atom.